The van der Waals surface area contributed by atoms with Gasteiger partial charge in [0.05, 0.1) is 22.1 Å². The average molecular weight is 720 g/mol. The number of rotatable bonds is 4. The van der Waals surface area contributed by atoms with Crippen LogP contribution in [0.4, 0.5) is 0 Å². The van der Waals surface area contributed by atoms with Crippen LogP contribution in [0.2, 0.25) is 0 Å². The molecule has 0 saturated carbocycles. The second-order valence-electron chi connectivity index (χ2n) is 14.0. The number of fused-ring (bicyclic) bond motifs is 12. The van der Waals surface area contributed by atoms with Crippen molar-refractivity contribution in [2.45, 2.75) is 0 Å². The van der Waals surface area contributed by atoms with E-state index < -0.39 is 0 Å². The molecule has 55 heavy (non-hydrogen) atoms. The highest BCUT2D eigenvalue weighted by molar-refractivity contribution is 7.26. The largest absolute Gasteiger partial charge is 0.309 e. The summed E-state index contributed by atoms with van der Waals surface area (Å²) in [6, 6.07) is 62.4. The molecule has 0 aliphatic heterocycles. The average Bonchev–Trinajstić information content (AvgIpc) is 3.91. The highest BCUT2D eigenvalue weighted by Crippen LogP contribution is 2.47. The van der Waals surface area contributed by atoms with Crippen molar-refractivity contribution in [1.29, 1.82) is 0 Å². The van der Waals surface area contributed by atoms with Gasteiger partial charge >= 0.3 is 0 Å². The standard InChI is InChI=1S/C49H29N5S/c1-3-14-31(15-4-1)47-50-48(32-16-5-2-6-17-32)52-49(51-47)54-38-21-11-9-19-35(38)36-25-27-42-45(46(36)54)44-41(55-42)28-26-40-43(44)37-20-10-12-22-39(37)53(40)34-24-23-30-13-7-8-18-33(30)29-34/h1-29H. The van der Waals surface area contributed by atoms with Gasteiger partial charge in [0.1, 0.15) is 0 Å². The minimum absolute atomic E-state index is 0.594. The van der Waals surface area contributed by atoms with Crippen molar-refractivity contribution in [2.75, 3.05) is 0 Å². The van der Waals surface area contributed by atoms with Gasteiger partial charge in [0, 0.05) is 58.5 Å². The van der Waals surface area contributed by atoms with Crippen LogP contribution >= 0.6 is 11.3 Å². The molecule has 12 rings (SSSR count). The first-order chi connectivity index (χ1) is 27.3. The van der Waals surface area contributed by atoms with E-state index >= 15 is 0 Å². The van der Waals surface area contributed by atoms with Gasteiger partial charge in [-0.2, -0.15) is 9.97 Å². The van der Waals surface area contributed by atoms with Gasteiger partial charge < -0.3 is 4.57 Å². The smallest absolute Gasteiger partial charge is 0.238 e. The van der Waals surface area contributed by atoms with Crippen LogP contribution < -0.4 is 0 Å². The Morgan fingerprint density at radius 1 is 0.382 bits per heavy atom. The van der Waals surface area contributed by atoms with Crippen LogP contribution in [0.3, 0.4) is 0 Å². The Morgan fingerprint density at radius 2 is 0.982 bits per heavy atom. The lowest BCUT2D eigenvalue weighted by Crippen LogP contribution is -2.06. The third-order valence-electron chi connectivity index (χ3n) is 10.9. The van der Waals surface area contributed by atoms with E-state index in [-0.39, 0.29) is 0 Å². The molecular formula is C49H29N5S. The van der Waals surface area contributed by atoms with Crippen molar-refractivity contribution >= 4 is 85.9 Å². The number of thiophene rings is 1. The molecular weight excluding hydrogens is 691 g/mol. The number of nitrogens with zero attached hydrogens (tertiary/aromatic N) is 5. The van der Waals surface area contributed by atoms with Crippen molar-refractivity contribution in [3.63, 3.8) is 0 Å². The third kappa shape index (κ3) is 4.49. The van der Waals surface area contributed by atoms with Crippen LogP contribution in [0.5, 0.6) is 0 Å². The molecule has 0 unspecified atom stereocenters. The minimum Gasteiger partial charge on any atom is -0.309 e. The first-order valence-electron chi connectivity index (χ1n) is 18.5. The lowest BCUT2D eigenvalue weighted by Gasteiger charge is -2.11. The Morgan fingerprint density at radius 3 is 1.73 bits per heavy atom. The molecule has 0 spiro atoms. The zero-order valence-electron chi connectivity index (χ0n) is 29.4. The van der Waals surface area contributed by atoms with E-state index in [2.05, 4.69) is 149 Å². The highest BCUT2D eigenvalue weighted by atomic mass is 32.1. The summed E-state index contributed by atoms with van der Waals surface area (Å²) in [6.07, 6.45) is 0. The molecule has 0 aliphatic carbocycles. The molecule has 5 nitrogen and oxygen atoms in total. The zero-order valence-corrected chi connectivity index (χ0v) is 30.2. The molecule has 6 heteroatoms. The van der Waals surface area contributed by atoms with Gasteiger partial charge in [-0.3, -0.25) is 4.57 Å². The summed E-state index contributed by atoms with van der Waals surface area (Å²) in [5.74, 6) is 1.87. The molecule has 0 atom stereocenters. The summed E-state index contributed by atoms with van der Waals surface area (Å²) >= 11 is 1.84. The van der Waals surface area contributed by atoms with Gasteiger partial charge in [-0.25, -0.2) is 4.98 Å². The van der Waals surface area contributed by atoms with E-state index in [1.54, 1.807) is 0 Å². The van der Waals surface area contributed by atoms with Crippen LogP contribution in [-0.4, -0.2) is 24.1 Å². The van der Waals surface area contributed by atoms with Crippen LogP contribution in [0.15, 0.2) is 176 Å². The predicted octanol–water partition coefficient (Wildman–Crippen LogP) is 12.9. The Balaban J connectivity index is 1.24. The molecule has 0 amide bonds. The van der Waals surface area contributed by atoms with Crippen LogP contribution in [0.25, 0.3) is 109 Å². The lowest BCUT2D eigenvalue weighted by molar-refractivity contribution is 0.955. The number of aromatic nitrogens is 5. The van der Waals surface area contributed by atoms with Crippen molar-refractivity contribution < 1.29 is 0 Å². The molecule has 0 fully saturated rings. The van der Waals surface area contributed by atoms with E-state index in [4.69, 9.17) is 15.0 Å². The fourth-order valence-electron chi connectivity index (χ4n) is 8.56. The normalized spacial score (nSPS) is 12.0. The Kier molecular flexibility index (Phi) is 6.44. The number of para-hydroxylation sites is 2. The van der Waals surface area contributed by atoms with E-state index in [9.17, 15) is 0 Å². The van der Waals surface area contributed by atoms with Gasteiger partial charge in [-0.15, -0.1) is 11.3 Å². The van der Waals surface area contributed by atoms with Crippen molar-refractivity contribution in [3.8, 4) is 34.4 Å². The highest BCUT2D eigenvalue weighted by Gasteiger charge is 2.24. The second-order valence-corrected chi connectivity index (χ2v) is 15.1. The maximum Gasteiger partial charge on any atom is 0.238 e. The van der Waals surface area contributed by atoms with Crippen molar-refractivity contribution in [1.82, 2.24) is 24.1 Å². The van der Waals surface area contributed by atoms with Crippen LogP contribution in [0.1, 0.15) is 0 Å². The molecule has 12 aromatic rings. The summed E-state index contributed by atoms with van der Waals surface area (Å²) in [5.41, 5.74) is 7.56. The number of hydrogen-bond acceptors (Lipinski definition) is 4. The molecule has 4 aromatic heterocycles. The second kappa shape index (κ2) is 11.7. The summed E-state index contributed by atoms with van der Waals surface area (Å²) in [4.78, 5) is 15.6. The predicted molar refractivity (Wildman–Crippen MR) is 230 cm³/mol. The van der Waals surface area contributed by atoms with Gasteiger partial charge in [-0.1, -0.05) is 133 Å². The maximum absolute atomic E-state index is 5.26. The van der Waals surface area contributed by atoms with Crippen LogP contribution in [-0.2, 0) is 0 Å². The molecule has 0 bridgehead atoms. The Bertz CT molecular complexity index is 3430. The first kappa shape index (κ1) is 30.3. The van der Waals surface area contributed by atoms with E-state index in [0.29, 0.717) is 17.6 Å². The topological polar surface area (TPSA) is 48.5 Å². The minimum atomic E-state index is 0.594. The lowest BCUT2D eigenvalue weighted by atomic mass is 10.0. The fraction of sp³-hybridized carbons (Fsp3) is 0. The van der Waals surface area contributed by atoms with Crippen molar-refractivity contribution in [2.24, 2.45) is 0 Å². The SMILES string of the molecule is c1ccc(-c2nc(-c3ccccc3)nc(-n3c4ccccc4c4ccc5sc6ccc7c(c8ccccc8n7-c7ccc8ccccc8c7)c6c5c43)n2)cc1. The van der Waals surface area contributed by atoms with Gasteiger partial charge in [0.15, 0.2) is 11.6 Å². The quantitative estimate of drug-likeness (QED) is 0.182. The number of hydrogen-bond donors (Lipinski definition) is 0. The fourth-order valence-corrected chi connectivity index (χ4v) is 9.67. The van der Waals surface area contributed by atoms with E-state index in [1.165, 1.54) is 58.1 Å². The summed E-state index contributed by atoms with van der Waals surface area (Å²) in [7, 11) is 0. The van der Waals surface area contributed by atoms with Crippen molar-refractivity contribution in [3.05, 3.63) is 176 Å². The van der Waals surface area contributed by atoms with Crippen LogP contribution in [0, 0.1) is 0 Å². The summed E-state index contributed by atoms with van der Waals surface area (Å²) < 4.78 is 7.18. The molecule has 256 valence electrons. The third-order valence-corrected chi connectivity index (χ3v) is 12.1. The molecule has 0 saturated heterocycles. The maximum atomic E-state index is 5.26. The first-order valence-corrected chi connectivity index (χ1v) is 19.3. The molecule has 0 N–H and O–H groups in total. The Hall–Kier alpha value is -7.15. The van der Waals surface area contributed by atoms with Gasteiger partial charge in [0.2, 0.25) is 5.95 Å². The van der Waals surface area contributed by atoms with E-state index in [1.807, 2.05) is 47.7 Å². The summed E-state index contributed by atoms with van der Waals surface area (Å²) in [6.45, 7) is 0. The monoisotopic (exact) mass is 719 g/mol. The van der Waals surface area contributed by atoms with Gasteiger partial charge in [0.25, 0.3) is 0 Å². The molecule has 0 aliphatic rings. The summed E-state index contributed by atoms with van der Waals surface area (Å²) in [5, 5.41) is 9.73. The molecule has 4 heterocycles. The Labute approximate surface area is 319 Å². The molecule has 0 radical (unpaired) electrons. The van der Waals surface area contributed by atoms with E-state index in [0.717, 1.165) is 33.2 Å². The molecule has 8 aromatic carbocycles. The zero-order chi connectivity index (χ0) is 36.0. The van der Waals surface area contributed by atoms with Gasteiger partial charge in [-0.05, 0) is 53.2 Å². The number of benzene rings is 8.